The lowest BCUT2D eigenvalue weighted by atomic mass is 10.1. The van der Waals surface area contributed by atoms with Crippen LogP contribution in [-0.4, -0.2) is 76.9 Å². The summed E-state index contributed by atoms with van der Waals surface area (Å²) in [6.07, 6.45) is 3.07. The van der Waals surface area contributed by atoms with E-state index in [1.807, 2.05) is 24.3 Å². The molecule has 1 aromatic carbocycles. The number of carbonyl (C=O) groups is 3. The molecule has 0 aliphatic carbocycles. The minimum Gasteiger partial charge on any atom is -0.492 e. The Kier molecular flexibility index (Phi) is 11.3. The molecule has 2 aromatic rings. The van der Waals surface area contributed by atoms with Crippen LogP contribution in [-0.2, 0) is 16.0 Å². The van der Waals surface area contributed by atoms with Gasteiger partial charge in [0.25, 0.3) is 5.91 Å². The molecule has 0 unspecified atom stereocenters. The molecule has 8 N–H and O–H groups in total. The van der Waals surface area contributed by atoms with E-state index >= 15 is 0 Å². The quantitative estimate of drug-likeness (QED) is 0.0875. The summed E-state index contributed by atoms with van der Waals surface area (Å²) >= 11 is 5.76. The van der Waals surface area contributed by atoms with Gasteiger partial charge in [-0.05, 0) is 37.0 Å². The molecule has 36 heavy (non-hydrogen) atoms. The Hall–Kier alpha value is -3.97. The Balaban J connectivity index is 1.65. The molecule has 0 aliphatic rings. The Morgan fingerprint density at radius 3 is 2.56 bits per heavy atom. The Bertz CT molecular complexity index is 1070. The molecule has 0 saturated heterocycles. The first-order chi connectivity index (χ1) is 17.2. The molecular formula is C22H29ClN8O5. The van der Waals surface area contributed by atoms with Gasteiger partial charge in [0, 0.05) is 13.1 Å². The fourth-order valence-corrected chi connectivity index (χ4v) is 3.20. The summed E-state index contributed by atoms with van der Waals surface area (Å²) in [6, 6.07) is 7.54. The summed E-state index contributed by atoms with van der Waals surface area (Å²) < 4.78 is 5.62. The molecule has 0 fully saturated rings. The van der Waals surface area contributed by atoms with Crippen LogP contribution in [0.5, 0.6) is 5.75 Å². The van der Waals surface area contributed by atoms with Gasteiger partial charge in [0.15, 0.2) is 28.4 Å². The van der Waals surface area contributed by atoms with Crippen LogP contribution in [0.1, 0.15) is 28.9 Å². The van der Waals surface area contributed by atoms with Gasteiger partial charge in [-0.2, -0.15) is 0 Å². The molecule has 194 valence electrons. The number of aliphatic carboxylic acids is 1. The third-order valence-corrected chi connectivity index (χ3v) is 5.12. The zero-order chi connectivity index (χ0) is 26.5. The molecule has 1 amide bonds. The number of carboxylic acids is 1. The SMILES string of the molecule is N=C(NCCCCc1ccc(OCCN(CC=O)CC(=O)O)cc1)NC(=O)c1nc(Cl)c(N)nc1N. The molecule has 1 heterocycles. The number of nitrogens with one attached hydrogen (secondary N) is 3. The Labute approximate surface area is 212 Å². The third-order valence-electron chi connectivity index (χ3n) is 4.84. The predicted octanol–water partition coefficient (Wildman–Crippen LogP) is 0.536. The van der Waals surface area contributed by atoms with Crippen LogP contribution in [0.15, 0.2) is 24.3 Å². The number of nitrogen functional groups attached to an aromatic ring is 2. The van der Waals surface area contributed by atoms with E-state index in [2.05, 4.69) is 20.6 Å². The summed E-state index contributed by atoms with van der Waals surface area (Å²) in [5.41, 5.74) is 12.0. The van der Waals surface area contributed by atoms with Crippen molar-refractivity contribution in [2.45, 2.75) is 19.3 Å². The number of unbranched alkanes of at least 4 members (excludes halogenated alkanes) is 1. The number of hydrogen-bond acceptors (Lipinski definition) is 10. The lowest BCUT2D eigenvalue weighted by Crippen LogP contribution is -2.41. The Morgan fingerprint density at radius 1 is 1.17 bits per heavy atom. The van der Waals surface area contributed by atoms with Gasteiger partial charge in [0.2, 0.25) is 0 Å². The van der Waals surface area contributed by atoms with E-state index in [-0.39, 0.29) is 48.1 Å². The van der Waals surface area contributed by atoms with Crippen LogP contribution in [0.25, 0.3) is 0 Å². The molecule has 14 heteroatoms. The summed E-state index contributed by atoms with van der Waals surface area (Å²) in [6.45, 7) is 0.874. The lowest BCUT2D eigenvalue weighted by molar-refractivity contribution is -0.138. The number of anilines is 2. The minimum atomic E-state index is -0.999. The number of aldehydes is 1. The molecule has 13 nitrogen and oxygen atoms in total. The number of carboxylic acid groups (broad SMARTS) is 1. The van der Waals surface area contributed by atoms with Crippen LogP contribution in [0.2, 0.25) is 5.15 Å². The molecule has 0 radical (unpaired) electrons. The van der Waals surface area contributed by atoms with E-state index in [9.17, 15) is 14.4 Å². The number of nitrogens with two attached hydrogens (primary N) is 2. The van der Waals surface area contributed by atoms with Gasteiger partial charge in [-0.25, -0.2) is 9.97 Å². The van der Waals surface area contributed by atoms with Gasteiger partial charge >= 0.3 is 5.97 Å². The molecule has 1 aromatic heterocycles. The van der Waals surface area contributed by atoms with Crippen LogP contribution in [0, 0.1) is 5.41 Å². The average molecular weight is 521 g/mol. The summed E-state index contributed by atoms with van der Waals surface area (Å²) in [4.78, 5) is 42.6. The van der Waals surface area contributed by atoms with Gasteiger partial charge in [-0.15, -0.1) is 0 Å². The van der Waals surface area contributed by atoms with Gasteiger partial charge in [-0.1, -0.05) is 23.7 Å². The van der Waals surface area contributed by atoms with Gasteiger partial charge in [0.05, 0.1) is 13.1 Å². The second-order valence-corrected chi connectivity index (χ2v) is 7.99. The average Bonchev–Trinajstić information content (AvgIpc) is 2.81. The van der Waals surface area contributed by atoms with Crippen LogP contribution < -0.4 is 26.8 Å². The van der Waals surface area contributed by atoms with Crippen molar-refractivity contribution in [1.82, 2.24) is 25.5 Å². The maximum absolute atomic E-state index is 12.2. The van der Waals surface area contributed by atoms with E-state index < -0.39 is 11.9 Å². The van der Waals surface area contributed by atoms with Crippen LogP contribution >= 0.6 is 11.6 Å². The van der Waals surface area contributed by atoms with Crippen LogP contribution in [0.3, 0.4) is 0 Å². The fourth-order valence-electron chi connectivity index (χ4n) is 3.07. The second-order valence-electron chi connectivity index (χ2n) is 7.63. The third kappa shape index (κ3) is 9.72. The zero-order valence-corrected chi connectivity index (χ0v) is 20.3. The summed E-state index contributed by atoms with van der Waals surface area (Å²) in [5.74, 6) is -1.54. The van der Waals surface area contributed by atoms with Crippen LogP contribution in [0.4, 0.5) is 11.6 Å². The zero-order valence-electron chi connectivity index (χ0n) is 19.5. The Morgan fingerprint density at radius 2 is 1.89 bits per heavy atom. The smallest absolute Gasteiger partial charge is 0.317 e. The minimum absolute atomic E-state index is 0.0378. The number of aromatic nitrogens is 2. The first-order valence-electron chi connectivity index (χ1n) is 11.0. The molecular weight excluding hydrogens is 492 g/mol. The van der Waals surface area contributed by atoms with Crippen molar-refractivity contribution in [2.24, 2.45) is 0 Å². The van der Waals surface area contributed by atoms with Gasteiger partial charge in [-0.3, -0.25) is 25.2 Å². The number of nitrogens with zero attached hydrogens (tertiary/aromatic N) is 3. The van der Waals surface area contributed by atoms with Crippen molar-refractivity contribution in [1.29, 1.82) is 5.41 Å². The molecule has 0 aliphatic heterocycles. The number of rotatable bonds is 14. The van der Waals surface area contributed by atoms with E-state index in [1.54, 1.807) is 0 Å². The van der Waals surface area contributed by atoms with E-state index in [1.165, 1.54) is 4.90 Å². The number of aryl methyl sites for hydroxylation is 1. The lowest BCUT2D eigenvalue weighted by Gasteiger charge is -2.17. The normalized spacial score (nSPS) is 10.6. The summed E-state index contributed by atoms with van der Waals surface area (Å²) in [5, 5.41) is 21.7. The first-order valence-corrected chi connectivity index (χ1v) is 11.4. The molecule has 2 rings (SSSR count). The highest BCUT2D eigenvalue weighted by molar-refractivity contribution is 6.31. The molecule has 0 spiro atoms. The maximum atomic E-state index is 12.2. The van der Waals surface area contributed by atoms with E-state index in [0.717, 1.165) is 24.8 Å². The maximum Gasteiger partial charge on any atom is 0.317 e. The standard InChI is InChI=1S/C22H29ClN8O5/c23-18-20(25)29-19(24)17(28-18)21(35)30-22(26)27-8-2-1-3-14-4-6-15(7-5-14)36-12-10-31(9-11-32)13-16(33)34/h4-7,11H,1-3,8-10,12-13H2,(H,33,34)(H4,24,25,29)(H3,26,27,30,35). The number of hydrogen-bond donors (Lipinski definition) is 6. The number of ether oxygens (including phenoxy) is 1. The van der Waals surface area contributed by atoms with Gasteiger partial charge < -0.3 is 31.4 Å². The highest BCUT2D eigenvalue weighted by Crippen LogP contribution is 2.17. The number of halogens is 1. The highest BCUT2D eigenvalue weighted by Gasteiger charge is 2.17. The number of amides is 1. The van der Waals surface area contributed by atoms with Crippen molar-refractivity contribution in [3.63, 3.8) is 0 Å². The van der Waals surface area contributed by atoms with Crippen molar-refractivity contribution in [2.75, 3.05) is 44.3 Å². The highest BCUT2D eigenvalue weighted by atomic mass is 35.5. The predicted molar refractivity (Wildman–Crippen MR) is 134 cm³/mol. The molecule has 0 bridgehead atoms. The fraction of sp³-hybridized carbons (Fsp3) is 0.364. The number of guanidine groups is 1. The summed E-state index contributed by atoms with van der Waals surface area (Å²) in [7, 11) is 0. The van der Waals surface area contributed by atoms with Gasteiger partial charge in [0.1, 0.15) is 18.6 Å². The van der Waals surface area contributed by atoms with E-state index in [0.29, 0.717) is 25.1 Å². The first kappa shape index (κ1) is 28.3. The van der Waals surface area contributed by atoms with Crippen molar-refractivity contribution >= 4 is 47.4 Å². The number of benzene rings is 1. The second kappa shape index (κ2) is 14.4. The topological polar surface area (TPSA) is 210 Å². The molecule has 0 atom stereocenters. The van der Waals surface area contributed by atoms with Crippen molar-refractivity contribution in [3.05, 3.63) is 40.7 Å². The van der Waals surface area contributed by atoms with Crippen molar-refractivity contribution in [3.8, 4) is 5.75 Å². The number of carbonyl (C=O) groups excluding carboxylic acids is 2. The van der Waals surface area contributed by atoms with Crippen molar-refractivity contribution < 1.29 is 24.2 Å². The largest absolute Gasteiger partial charge is 0.492 e. The monoisotopic (exact) mass is 520 g/mol. The molecule has 0 saturated carbocycles. The van der Waals surface area contributed by atoms with E-state index in [4.69, 9.17) is 38.3 Å².